The maximum Gasteiger partial charge on any atom is 0.407 e. The molecule has 1 aliphatic rings. The van der Waals surface area contributed by atoms with Crippen LogP contribution in [0.25, 0.3) is 0 Å². The van der Waals surface area contributed by atoms with Crippen molar-refractivity contribution < 1.29 is 9.53 Å². The van der Waals surface area contributed by atoms with E-state index >= 15 is 0 Å². The van der Waals surface area contributed by atoms with E-state index in [4.69, 9.17) is 10.5 Å². The molecule has 1 aliphatic carbocycles. The van der Waals surface area contributed by atoms with Crippen molar-refractivity contribution in [2.75, 3.05) is 6.54 Å². The van der Waals surface area contributed by atoms with Crippen LogP contribution in [-0.2, 0) is 4.74 Å². The zero-order valence-electron chi connectivity index (χ0n) is 13.1. The Morgan fingerprint density at radius 2 is 1.68 bits per heavy atom. The Hall–Kier alpha value is -0.770. The SMILES string of the molecule is CC(C)(C)OC(=O)NC1CCC(C(C)(C)CN)CC1. The second-order valence-corrected chi connectivity index (χ2v) is 7.39. The number of carbonyl (C=O) groups excluding carboxylic acids is 1. The first-order valence-corrected chi connectivity index (χ1v) is 7.33. The Morgan fingerprint density at radius 3 is 2.11 bits per heavy atom. The maximum absolute atomic E-state index is 11.7. The highest BCUT2D eigenvalue weighted by Gasteiger charge is 2.32. The van der Waals surface area contributed by atoms with Crippen molar-refractivity contribution >= 4 is 6.09 Å². The third-order valence-electron chi connectivity index (χ3n) is 4.08. The molecule has 0 heterocycles. The van der Waals surface area contributed by atoms with E-state index < -0.39 is 5.60 Å². The highest BCUT2D eigenvalue weighted by atomic mass is 16.6. The third kappa shape index (κ3) is 5.39. The number of carbonyl (C=O) groups is 1. The maximum atomic E-state index is 11.7. The van der Waals surface area contributed by atoms with E-state index in [1.165, 1.54) is 0 Å². The number of ether oxygens (including phenoxy) is 1. The van der Waals surface area contributed by atoms with Crippen molar-refractivity contribution in [3.05, 3.63) is 0 Å². The summed E-state index contributed by atoms with van der Waals surface area (Å²) in [6, 6.07) is 0.250. The lowest BCUT2D eigenvalue weighted by atomic mass is 9.70. The Morgan fingerprint density at radius 1 is 1.16 bits per heavy atom. The first-order valence-electron chi connectivity index (χ1n) is 7.33. The number of hydrogen-bond donors (Lipinski definition) is 2. The van der Waals surface area contributed by atoms with Gasteiger partial charge in [0.1, 0.15) is 5.60 Å². The summed E-state index contributed by atoms with van der Waals surface area (Å²) in [6.45, 7) is 10.8. The molecule has 0 spiro atoms. The average Bonchev–Trinajstić information content (AvgIpc) is 2.27. The minimum absolute atomic E-state index is 0.205. The molecule has 19 heavy (non-hydrogen) atoms. The van der Waals surface area contributed by atoms with E-state index in [1.54, 1.807) is 0 Å². The van der Waals surface area contributed by atoms with Gasteiger partial charge in [0.15, 0.2) is 0 Å². The molecule has 1 fully saturated rings. The molecule has 0 atom stereocenters. The number of amides is 1. The average molecular weight is 270 g/mol. The quantitative estimate of drug-likeness (QED) is 0.828. The number of alkyl carbamates (subject to hydrolysis) is 1. The lowest BCUT2D eigenvalue weighted by Crippen LogP contribution is -2.43. The molecule has 0 aromatic heterocycles. The van der Waals surface area contributed by atoms with Crippen LogP contribution in [0.3, 0.4) is 0 Å². The predicted molar refractivity (Wildman–Crippen MR) is 78.0 cm³/mol. The first kappa shape index (κ1) is 16.3. The van der Waals surface area contributed by atoms with E-state index in [2.05, 4.69) is 19.2 Å². The molecule has 0 saturated heterocycles. The molecule has 0 aromatic carbocycles. The Bertz CT molecular complexity index is 300. The van der Waals surface area contributed by atoms with Crippen LogP contribution in [0.15, 0.2) is 0 Å². The molecule has 3 N–H and O–H groups in total. The molecule has 1 saturated carbocycles. The molecule has 0 radical (unpaired) electrons. The summed E-state index contributed by atoms with van der Waals surface area (Å²) in [7, 11) is 0. The van der Waals surface area contributed by atoms with Gasteiger partial charge in [0, 0.05) is 6.04 Å². The summed E-state index contributed by atoms with van der Waals surface area (Å²) < 4.78 is 5.29. The first-order chi connectivity index (χ1) is 8.64. The molecular formula is C15H30N2O2. The van der Waals surface area contributed by atoms with Gasteiger partial charge in [-0.05, 0) is 64.3 Å². The Labute approximate surface area is 117 Å². The minimum atomic E-state index is -0.428. The minimum Gasteiger partial charge on any atom is -0.444 e. The van der Waals surface area contributed by atoms with E-state index in [0.29, 0.717) is 5.92 Å². The highest BCUT2D eigenvalue weighted by molar-refractivity contribution is 5.68. The van der Waals surface area contributed by atoms with Crippen LogP contribution in [0, 0.1) is 11.3 Å². The summed E-state index contributed by atoms with van der Waals surface area (Å²) in [4.78, 5) is 11.7. The third-order valence-corrected chi connectivity index (χ3v) is 4.08. The Balaban J connectivity index is 2.37. The van der Waals surface area contributed by atoms with Crippen molar-refractivity contribution in [2.45, 2.75) is 71.9 Å². The lowest BCUT2D eigenvalue weighted by Gasteiger charge is -2.38. The second-order valence-electron chi connectivity index (χ2n) is 7.39. The highest BCUT2D eigenvalue weighted by Crippen LogP contribution is 2.37. The number of nitrogens with one attached hydrogen (secondary N) is 1. The summed E-state index contributed by atoms with van der Waals surface area (Å²) in [6.07, 6.45) is 4.00. The molecular weight excluding hydrogens is 240 g/mol. The molecule has 0 aliphatic heterocycles. The fourth-order valence-electron chi connectivity index (χ4n) is 2.66. The Kier molecular flexibility index (Phi) is 5.25. The number of rotatable bonds is 3. The molecule has 1 rings (SSSR count). The summed E-state index contributed by atoms with van der Waals surface area (Å²) >= 11 is 0. The number of hydrogen-bond acceptors (Lipinski definition) is 3. The monoisotopic (exact) mass is 270 g/mol. The van der Waals surface area contributed by atoms with Crippen LogP contribution in [0.4, 0.5) is 4.79 Å². The van der Waals surface area contributed by atoms with Crippen LogP contribution >= 0.6 is 0 Å². The molecule has 112 valence electrons. The van der Waals surface area contributed by atoms with Gasteiger partial charge in [-0.25, -0.2) is 4.79 Å². The van der Waals surface area contributed by atoms with Gasteiger partial charge in [-0.1, -0.05) is 13.8 Å². The lowest BCUT2D eigenvalue weighted by molar-refractivity contribution is 0.0473. The molecule has 4 nitrogen and oxygen atoms in total. The van der Waals surface area contributed by atoms with Crippen molar-refractivity contribution in [3.63, 3.8) is 0 Å². The van der Waals surface area contributed by atoms with Crippen molar-refractivity contribution in [1.29, 1.82) is 0 Å². The van der Waals surface area contributed by atoms with Gasteiger partial charge < -0.3 is 15.8 Å². The summed E-state index contributed by atoms with van der Waals surface area (Å²) in [5.41, 5.74) is 5.61. The largest absolute Gasteiger partial charge is 0.444 e. The van der Waals surface area contributed by atoms with Crippen LogP contribution < -0.4 is 11.1 Å². The van der Waals surface area contributed by atoms with Gasteiger partial charge in [-0.15, -0.1) is 0 Å². The zero-order valence-corrected chi connectivity index (χ0v) is 13.1. The van der Waals surface area contributed by atoms with Crippen LogP contribution in [-0.4, -0.2) is 24.3 Å². The summed E-state index contributed by atoms with van der Waals surface area (Å²) in [5.74, 6) is 0.661. The topological polar surface area (TPSA) is 64.3 Å². The standard InChI is InChI=1S/C15H30N2O2/c1-14(2,3)19-13(18)17-12-8-6-11(7-9-12)15(4,5)10-16/h11-12H,6-10,16H2,1-5H3,(H,17,18). The fraction of sp³-hybridized carbons (Fsp3) is 0.933. The molecule has 4 heteroatoms. The van der Waals surface area contributed by atoms with Gasteiger partial charge in [0.25, 0.3) is 0 Å². The van der Waals surface area contributed by atoms with Crippen LogP contribution in [0.2, 0.25) is 0 Å². The van der Waals surface area contributed by atoms with Crippen molar-refractivity contribution in [2.24, 2.45) is 17.1 Å². The second kappa shape index (κ2) is 6.12. The van der Waals surface area contributed by atoms with E-state index in [1.807, 2.05) is 20.8 Å². The number of nitrogens with two attached hydrogens (primary N) is 1. The van der Waals surface area contributed by atoms with Gasteiger partial charge in [-0.2, -0.15) is 0 Å². The van der Waals surface area contributed by atoms with Gasteiger partial charge in [0.05, 0.1) is 0 Å². The zero-order chi connectivity index (χ0) is 14.7. The van der Waals surface area contributed by atoms with Gasteiger partial charge in [0.2, 0.25) is 0 Å². The van der Waals surface area contributed by atoms with Gasteiger partial charge in [-0.3, -0.25) is 0 Å². The van der Waals surface area contributed by atoms with Crippen molar-refractivity contribution in [3.8, 4) is 0 Å². The fourth-order valence-corrected chi connectivity index (χ4v) is 2.66. The van der Waals surface area contributed by atoms with Crippen molar-refractivity contribution in [1.82, 2.24) is 5.32 Å². The summed E-state index contributed by atoms with van der Waals surface area (Å²) in [5, 5.41) is 2.97. The smallest absolute Gasteiger partial charge is 0.407 e. The van der Waals surface area contributed by atoms with Crippen LogP contribution in [0.1, 0.15) is 60.3 Å². The normalized spacial score (nSPS) is 24.9. The van der Waals surface area contributed by atoms with Gasteiger partial charge >= 0.3 is 6.09 Å². The molecule has 0 bridgehead atoms. The van der Waals surface area contributed by atoms with E-state index in [9.17, 15) is 4.79 Å². The van der Waals surface area contributed by atoms with Crippen LogP contribution in [0.5, 0.6) is 0 Å². The molecule has 0 unspecified atom stereocenters. The van der Waals surface area contributed by atoms with E-state index in [-0.39, 0.29) is 17.6 Å². The molecule has 0 aromatic rings. The predicted octanol–water partition coefficient (Wildman–Crippen LogP) is 3.05. The molecule has 1 amide bonds. The van der Waals surface area contributed by atoms with E-state index in [0.717, 1.165) is 32.2 Å².